The number of hydrogen-bond donors (Lipinski definition) is 1. The van der Waals surface area contributed by atoms with Gasteiger partial charge in [-0.25, -0.2) is 4.39 Å². The Morgan fingerprint density at radius 2 is 2.29 bits per heavy atom. The van der Waals surface area contributed by atoms with Crippen molar-refractivity contribution >= 4 is 5.97 Å². The maximum atomic E-state index is 13.1. The fourth-order valence-corrected chi connectivity index (χ4v) is 1.68. The number of hydrogen-bond acceptors (Lipinski definition) is 2. The van der Waals surface area contributed by atoms with Crippen molar-refractivity contribution in [2.45, 2.75) is 13.5 Å². The molecule has 1 aromatic heterocycles. The number of aliphatic carboxylic acids is 1. The van der Waals surface area contributed by atoms with Crippen molar-refractivity contribution < 1.29 is 14.3 Å². The van der Waals surface area contributed by atoms with Crippen LogP contribution in [0.15, 0.2) is 30.5 Å². The number of aryl methyl sites for hydroxylation is 1. The molecule has 0 amide bonds. The van der Waals surface area contributed by atoms with Gasteiger partial charge >= 0.3 is 5.97 Å². The molecule has 5 heteroatoms. The van der Waals surface area contributed by atoms with Crippen LogP contribution in [0.4, 0.5) is 4.39 Å². The van der Waals surface area contributed by atoms with Gasteiger partial charge in [-0.3, -0.25) is 9.48 Å². The fraction of sp³-hybridized carbons (Fsp3) is 0.167. The number of nitrogens with zero attached hydrogens (tertiary/aromatic N) is 2. The van der Waals surface area contributed by atoms with Crippen LogP contribution in [-0.4, -0.2) is 20.9 Å². The molecule has 1 aromatic carbocycles. The minimum absolute atomic E-state index is 0.198. The molecule has 0 aliphatic heterocycles. The molecule has 2 rings (SSSR count). The van der Waals surface area contributed by atoms with Gasteiger partial charge in [0.1, 0.15) is 12.4 Å². The van der Waals surface area contributed by atoms with Crippen molar-refractivity contribution in [1.82, 2.24) is 9.78 Å². The Labute approximate surface area is 97.3 Å². The minimum atomic E-state index is -0.960. The standard InChI is InChI=1S/C12H11FN2O2/c1-8-11(6-15(14-8)7-12(16)17)9-3-2-4-10(13)5-9/h2-6H,7H2,1H3,(H,16,17). The van der Waals surface area contributed by atoms with E-state index in [-0.39, 0.29) is 12.4 Å². The van der Waals surface area contributed by atoms with Crippen molar-refractivity contribution in [2.75, 3.05) is 0 Å². The summed E-state index contributed by atoms with van der Waals surface area (Å²) in [6, 6.07) is 6.13. The molecule has 0 aliphatic carbocycles. The lowest BCUT2D eigenvalue weighted by atomic mass is 10.1. The lowest BCUT2D eigenvalue weighted by Crippen LogP contribution is -2.08. The number of carbonyl (C=O) groups is 1. The lowest BCUT2D eigenvalue weighted by Gasteiger charge is -1.98. The highest BCUT2D eigenvalue weighted by molar-refractivity contribution is 5.68. The van der Waals surface area contributed by atoms with Crippen LogP contribution in [0.5, 0.6) is 0 Å². The van der Waals surface area contributed by atoms with Crippen molar-refractivity contribution in [3.05, 3.63) is 42.0 Å². The summed E-state index contributed by atoms with van der Waals surface area (Å²) in [5.74, 6) is -1.29. The average Bonchev–Trinajstić information content (AvgIpc) is 2.58. The van der Waals surface area contributed by atoms with Crippen LogP contribution >= 0.6 is 0 Å². The molecular weight excluding hydrogens is 223 g/mol. The van der Waals surface area contributed by atoms with Gasteiger partial charge in [0.2, 0.25) is 0 Å². The maximum Gasteiger partial charge on any atom is 0.325 e. The van der Waals surface area contributed by atoms with E-state index in [1.165, 1.54) is 16.8 Å². The Balaban J connectivity index is 2.39. The first-order valence-electron chi connectivity index (χ1n) is 5.08. The average molecular weight is 234 g/mol. The molecule has 2 aromatic rings. The molecule has 0 aliphatic rings. The zero-order chi connectivity index (χ0) is 12.4. The highest BCUT2D eigenvalue weighted by Gasteiger charge is 2.09. The Hall–Kier alpha value is -2.17. The normalized spacial score (nSPS) is 10.5. The number of aromatic nitrogens is 2. The van der Waals surface area contributed by atoms with Crippen molar-refractivity contribution in [3.63, 3.8) is 0 Å². The van der Waals surface area contributed by atoms with E-state index in [0.29, 0.717) is 11.3 Å². The molecule has 1 heterocycles. The van der Waals surface area contributed by atoms with E-state index in [1.54, 1.807) is 25.3 Å². The predicted octanol–water partition coefficient (Wildman–Crippen LogP) is 2.08. The third kappa shape index (κ3) is 2.50. The first kappa shape index (κ1) is 11.3. The summed E-state index contributed by atoms with van der Waals surface area (Å²) in [7, 11) is 0. The van der Waals surface area contributed by atoms with Crippen LogP contribution in [0, 0.1) is 12.7 Å². The molecule has 4 nitrogen and oxygen atoms in total. The molecule has 0 unspecified atom stereocenters. The SMILES string of the molecule is Cc1nn(CC(=O)O)cc1-c1cccc(F)c1. The van der Waals surface area contributed by atoms with Gasteiger partial charge < -0.3 is 5.11 Å². The molecule has 0 bridgehead atoms. The first-order chi connectivity index (χ1) is 8.06. The Kier molecular flexibility index (Phi) is 2.91. The van der Waals surface area contributed by atoms with Crippen LogP contribution < -0.4 is 0 Å². The zero-order valence-electron chi connectivity index (χ0n) is 9.22. The summed E-state index contributed by atoms with van der Waals surface area (Å²) in [6.45, 7) is 1.56. The van der Waals surface area contributed by atoms with Crippen LogP contribution in [0.2, 0.25) is 0 Å². The van der Waals surface area contributed by atoms with E-state index in [9.17, 15) is 9.18 Å². The van der Waals surface area contributed by atoms with Gasteiger partial charge in [0, 0.05) is 11.8 Å². The van der Waals surface area contributed by atoms with E-state index in [1.807, 2.05) is 0 Å². The summed E-state index contributed by atoms with van der Waals surface area (Å²) in [6.07, 6.45) is 1.61. The van der Waals surface area contributed by atoms with Crippen LogP contribution in [0.3, 0.4) is 0 Å². The van der Waals surface area contributed by atoms with Crippen molar-refractivity contribution in [2.24, 2.45) is 0 Å². The molecule has 1 N–H and O–H groups in total. The Bertz CT molecular complexity index is 563. The van der Waals surface area contributed by atoms with Crippen LogP contribution in [-0.2, 0) is 11.3 Å². The second-order valence-electron chi connectivity index (χ2n) is 3.73. The van der Waals surface area contributed by atoms with Gasteiger partial charge in [0.05, 0.1) is 5.69 Å². The molecule has 0 spiro atoms. The third-order valence-corrected chi connectivity index (χ3v) is 2.38. The van der Waals surface area contributed by atoms with Gasteiger partial charge in [-0.1, -0.05) is 12.1 Å². The topological polar surface area (TPSA) is 55.1 Å². The maximum absolute atomic E-state index is 13.1. The zero-order valence-corrected chi connectivity index (χ0v) is 9.22. The molecule has 0 radical (unpaired) electrons. The third-order valence-electron chi connectivity index (χ3n) is 2.38. The van der Waals surface area contributed by atoms with Crippen LogP contribution in [0.1, 0.15) is 5.69 Å². The highest BCUT2D eigenvalue weighted by atomic mass is 19.1. The number of carboxylic acids is 1. The second-order valence-corrected chi connectivity index (χ2v) is 3.73. The highest BCUT2D eigenvalue weighted by Crippen LogP contribution is 2.22. The largest absolute Gasteiger partial charge is 0.480 e. The van der Waals surface area contributed by atoms with E-state index in [2.05, 4.69) is 5.10 Å². The molecular formula is C12H11FN2O2. The summed E-state index contributed by atoms with van der Waals surface area (Å²) in [4.78, 5) is 10.6. The Morgan fingerprint density at radius 1 is 1.53 bits per heavy atom. The van der Waals surface area contributed by atoms with E-state index >= 15 is 0 Å². The second kappa shape index (κ2) is 4.37. The summed E-state index contributed by atoms with van der Waals surface area (Å²) < 4.78 is 14.4. The molecule has 0 atom stereocenters. The quantitative estimate of drug-likeness (QED) is 0.884. The lowest BCUT2D eigenvalue weighted by molar-refractivity contribution is -0.137. The fourth-order valence-electron chi connectivity index (χ4n) is 1.68. The first-order valence-corrected chi connectivity index (χ1v) is 5.08. The summed E-state index contributed by atoms with van der Waals surface area (Å²) in [5.41, 5.74) is 2.11. The van der Waals surface area contributed by atoms with Gasteiger partial charge in [0.15, 0.2) is 0 Å². The van der Waals surface area contributed by atoms with Gasteiger partial charge in [-0.2, -0.15) is 5.10 Å². The van der Waals surface area contributed by atoms with Crippen molar-refractivity contribution in [1.29, 1.82) is 0 Å². The van der Waals surface area contributed by atoms with Gasteiger partial charge in [-0.15, -0.1) is 0 Å². The molecule has 88 valence electrons. The van der Waals surface area contributed by atoms with Crippen molar-refractivity contribution in [3.8, 4) is 11.1 Å². The number of benzene rings is 1. The summed E-state index contributed by atoms with van der Waals surface area (Å²) >= 11 is 0. The summed E-state index contributed by atoms with van der Waals surface area (Å²) in [5, 5.41) is 12.7. The Morgan fingerprint density at radius 3 is 2.94 bits per heavy atom. The monoisotopic (exact) mass is 234 g/mol. The van der Waals surface area contributed by atoms with Crippen LogP contribution in [0.25, 0.3) is 11.1 Å². The number of rotatable bonds is 3. The number of halogens is 1. The minimum Gasteiger partial charge on any atom is -0.480 e. The predicted molar refractivity (Wildman–Crippen MR) is 60.0 cm³/mol. The molecule has 0 saturated heterocycles. The molecule has 0 saturated carbocycles. The van der Waals surface area contributed by atoms with Gasteiger partial charge in [-0.05, 0) is 24.6 Å². The van der Waals surface area contributed by atoms with E-state index in [4.69, 9.17) is 5.11 Å². The molecule has 0 fully saturated rings. The van der Waals surface area contributed by atoms with E-state index < -0.39 is 5.97 Å². The number of carboxylic acid groups (broad SMARTS) is 1. The smallest absolute Gasteiger partial charge is 0.325 e. The molecule has 17 heavy (non-hydrogen) atoms. The van der Waals surface area contributed by atoms with Gasteiger partial charge in [0.25, 0.3) is 0 Å². The van der Waals surface area contributed by atoms with E-state index in [0.717, 1.165) is 5.56 Å².